The van der Waals surface area contributed by atoms with Gasteiger partial charge in [0.15, 0.2) is 0 Å². The van der Waals surface area contributed by atoms with Crippen LogP contribution in [0, 0.1) is 0 Å². The van der Waals surface area contributed by atoms with Gasteiger partial charge in [-0.3, -0.25) is 9.69 Å². The second-order valence-electron chi connectivity index (χ2n) is 11.3. The van der Waals surface area contributed by atoms with Gasteiger partial charge < -0.3 is 19.5 Å². The Bertz CT molecular complexity index is 1610. The lowest BCUT2D eigenvalue weighted by Gasteiger charge is -2.33. The fourth-order valence-electron chi connectivity index (χ4n) is 6.11. The number of halogens is 3. The maximum Gasteiger partial charge on any atom is 0.573 e. The number of imidazole rings is 1. The number of nitrogens with one attached hydrogen (secondary N) is 1. The first-order valence-electron chi connectivity index (χ1n) is 14.7. The van der Waals surface area contributed by atoms with Crippen molar-refractivity contribution in [2.24, 2.45) is 0 Å². The molecule has 43 heavy (non-hydrogen) atoms. The SMILES string of the molecule is CCc1nc2n(c1C(=O)NCc1ccc3nc(N4CCC(c5ccc(OC(F)(F)F)cc5)CC4)ccc3c1)CCN(C)C2. The number of aryl methyl sites for hydroxylation is 1. The number of ether oxygens (including phenoxy) is 1. The molecule has 0 unspecified atom stereocenters. The number of hydrogen-bond donors (Lipinski definition) is 1. The number of carbonyl (C=O) groups excluding carboxylic acids is 1. The minimum absolute atomic E-state index is 0.0947. The highest BCUT2D eigenvalue weighted by Gasteiger charge is 2.31. The van der Waals surface area contributed by atoms with Crippen molar-refractivity contribution in [1.82, 2.24) is 24.8 Å². The van der Waals surface area contributed by atoms with Crippen LogP contribution in [0.4, 0.5) is 19.0 Å². The molecule has 11 heteroatoms. The third kappa shape index (κ3) is 6.46. The lowest BCUT2D eigenvalue weighted by molar-refractivity contribution is -0.274. The summed E-state index contributed by atoms with van der Waals surface area (Å²) in [6.45, 7) is 6.46. The molecule has 2 aliphatic heterocycles. The molecule has 226 valence electrons. The van der Waals surface area contributed by atoms with Crippen LogP contribution in [0.1, 0.15) is 58.8 Å². The van der Waals surface area contributed by atoms with E-state index in [0.29, 0.717) is 18.7 Å². The quantitative estimate of drug-likeness (QED) is 0.299. The second kappa shape index (κ2) is 11.9. The van der Waals surface area contributed by atoms with Crippen molar-refractivity contribution in [2.45, 2.75) is 58.1 Å². The van der Waals surface area contributed by atoms with Crippen molar-refractivity contribution < 1.29 is 22.7 Å². The predicted molar refractivity (Wildman–Crippen MR) is 158 cm³/mol. The Kier molecular flexibility index (Phi) is 8.00. The van der Waals surface area contributed by atoms with Gasteiger partial charge in [-0.1, -0.05) is 25.1 Å². The topological polar surface area (TPSA) is 75.5 Å². The number of amides is 1. The van der Waals surface area contributed by atoms with Gasteiger partial charge in [0.25, 0.3) is 5.91 Å². The highest BCUT2D eigenvalue weighted by Crippen LogP contribution is 2.32. The Morgan fingerprint density at radius 1 is 1.00 bits per heavy atom. The number of hydrogen-bond acceptors (Lipinski definition) is 6. The Labute approximate surface area is 248 Å². The molecular weight excluding hydrogens is 557 g/mol. The van der Waals surface area contributed by atoms with Crippen LogP contribution in [0.25, 0.3) is 10.9 Å². The van der Waals surface area contributed by atoms with Crippen LogP contribution in [0.5, 0.6) is 5.75 Å². The minimum atomic E-state index is -4.69. The van der Waals surface area contributed by atoms with Gasteiger partial charge in [-0.25, -0.2) is 9.97 Å². The molecular formula is C32H35F3N6O2. The second-order valence-corrected chi connectivity index (χ2v) is 11.3. The molecule has 4 heterocycles. The lowest BCUT2D eigenvalue weighted by atomic mass is 9.89. The smallest absolute Gasteiger partial charge is 0.406 e. The van der Waals surface area contributed by atoms with E-state index in [0.717, 1.165) is 84.9 Å². The summed E-state index contributed by atoms with van der Waals surface area (Å²) in [6.07, 6.45) is -2.21. The molecule has 1 amide bonds. The van der Waals surface area contributed by atoms with Crippen LogP contribution in [0.15, 0.2) is 54.6 Å². The van der Waals surface area contributed by atoms with Gasteiger partial charge in [0.1, 0.15) is 23.1 Å². The van der Waals surface area contributed by atoms with Gasteiger partial charge in [0, 0.05) is 38.1 Å². The molecule has 2 aromatic carbocycles. The van der Waals surface area contributed by atoms with E-state index in [2.05, 4.69) is 43.6 Å². The van der Waals surface area contributed by atoms with Crippen molar-refractivity contribution >= 4 is 22.6 Å². The molecule has 0 bridgehead atoms. The monoisotopic (exact) mass is 592 g/mol. The van der Waals surface area contributed by atoms with Gasteiger partial charge in [-0.15, -0.1) is 13.2 Å². The zero-order valence-electron chi connectivity index (χ0n) is 24.3. The fraction of sp³-hybridized carbons (Fsp3) is 0.406. The van der Waals surface area contributed by atoms with E-state index in [9.17, 15) is 18.0 Å². The Balaban J connectivity index is 1.07. The molecule has 6 rings (SSSR count). The number of alkyl halides is 3. The first-order chi connectivity index (χ1) is 20.7. The number of benzene rings is 2. The Hall–Kier alpha value is -4.12. The summed E-state index contributed by atoms with van der Waals surface area (Å²) in [5, 5.41) is 4.10. The molecule has 0 radical (unpaired) electrons. The molecule has 0 atom stereocenters. The summed E-state index contributed by atoms with van der Waals surface area (Å²) < 4.78 is 43.4. The van der Waals surface area contributed by atoms with Gasteiger partial charge >= 0.3 is 6.36 Å². The average molecular weight is 593 g/mol. The normalized spacial score (nSPS) is 16.3. The molecule has 1 saturated heterocycles. The molecule has 1 fully saturated rings. The number of nitrogens with zero attached hydrogens (tertiary/aromatic N) is 5. The van der Waals surface area contributed by atoms with Gasteiger partial charge in [-0.2, -0.15) is 0 Å². The highest BCUT2D eigenvalue weighted by molar-refractivity contribution is 5.94. The summed E-state index contributed by atoms with van der Waals surface area (Å²) in [5.74, 6) is 1.83. The van der Waals surface area contributed by atoms with E-state index in [1.807, 2.05) is 25.1 Å². The van der Waals surface area contributed by atoms with E-state index >= 15 is 0 Å². The van der Waals surface area contributed by atoms with Crippen molar-refractivity contribution in [1.29, 1.82) is 0 Å². The summed E-state index contributed by atoms with van der Waals surface area (Å²) in [4.78, 5) is 27.3. The number of rotatable bonds is 7. The van der Waals surface area contributed by atoms with Gasteiger partial charge in [0.2, 0.25) is 0 Å². The first-order valence-corrected chi connectivity index (χ1v) is 14.7. The number of carbonyl (C=O) groups is 1. The fourth-order valence-corrected chi connectivity index (χ4v) is 6.11. The van der Waals surface area contributed by atoms with E-state index < -0.39 is 6.36 Å². The third-order valence-corrected chi connectivity index (χ3v) is 8.38. The van der Waals surface area contributed by atoms with Crippen LogP contribution in [0.2, 0.25) is 0 Å². The molecule has 0 aliphatic carbocycles. The zero-order chi connectivity index (χ0) is 30.1. The van der Waals surface area contributed by atoms with Gasteiger partial charge in [-0.05, 0) is 79.8 Å². The molecule has 4 aromatic rings. The van der Waals surface area contributed by atoms with Crippen molar-refractivity contribution in [3.05, 3.63) is 82.9 Å². The number of pyridine rings is 1. The minimum Gasteiger partial charge on any atom is -0.406 e. The summed E-state index contributed by atoms with van der Waals surface area (Å²) in [5.41, 5.74) is 4.42. The molecule has 2 aromatic heterocycles. The highest BCUT2D eigenvalue weighted by atomic mass is 19.4. The number of fused-ring (bicyclic) bond motifs is 2. The maximum absolute atomic E-state index is 13.2. The largest absolute Gasteiger partial charge is 0.573 e. The Morgan fingerprint density at radius 3 is 2.49 bits per heavy atom. The van der Waals surface area contributed by atoms with E-state index in [4.69, 9.17) is 9.97 Å². The zero-order valence-corrected chi connectivity index (χ0v) is 24.3. The van der Waals surface area contributed by atoms with Crippen LogP contribution in [-0.4, -0.2) is 58.4 Å². The molecule has 8 nitrogen and oxygen atoms in total. The predicted octanol–water partition coefficient (Wildman–Crippen LogP) is 5.65. The summed E-state index contributed by atoms with van der Waals surface area (Å²) in [7, 11) is 2.06. The Morgan fingerprint density at radius 2 is 1.77 bits per heavy atom. The van der Waals surface area contributed by atoms with Crippen LogP contribution < -0.4 is 15.0 Å². The number of aromatic nitrogens is 3. The molecule has 0 spiro atoms. The third-order valence-electron chi connectivity index (χ3n) is 8.38. The van der Waals surface area contributed by atoms with Crippen molar-refractivity contribution in [3.8, 4) is 5.75 Å². The van der Waals surface area contributed by atoms with Crippen molar-refractivity contribution in [3.63, 3.8) is 0 Å². The van der Waals surface area contributed by atoms with Crippen molar-refractivity contribution in [2.75, 3.05) is 31.6 Å². The molecule has 1 N–H and O–H groups in total. The summed E-state index contributed by atoms with van der Waals surface area (Å²) >= 11 is 0. The van der Waals surface area contributed by atoms with E-state index in [1.54, 1.807) is 12.1 Å². The van der Waals surface area contributed by atoms with Crippen LogP contribution >= 0.6 is 0 Å². The lowest BCUT2D eigenvalue weighted by Crippen LogP contribution is -2.34. The number of piperidine rings is 1. The van der Waals surface area contributed by atoms with E-state index in [-0.39, 0.29) is 17.6 Å². The van der Waals surface area contributed by atoms with E-state index in [1.165, 1.54) is 12.1 Å². The average Bonchev–Trinajstić information content (AvgIpc) is 3.37. The standard InChI is InChI=1S/C32H35F3N6O2/c1-3-26-30(41-17-16-39(2)20-29(41)37-26)31(42)36-19-21-4-10-27-24(18-21)7-11-28(38-27)40-14-12-23(13-15-40)22-5-8-25(9-6-22)43-32(33,34)35/h4-11,18,23H,3,12-17,19-20H2,1-2H3,(H,36,42). The first kappa shape index (κ1) is 29.0. The summed E-state index contributed by atoms with van der Waals surface area (Å²) in [6, 6.07) is 16.3. The van der Waals surface area contributed by atoms with Gasteiger partial charge in [0.05, 0.1) is 17.8 Å². The van der Waals surface area contributed by atoms with Crippen LogP contribution in [0.3, 0.4) is 0 Å². The molecule has 0 saturated carbocycles. The number of likely N-dealkylation sites (N-methyl/N-ethyl adjacent to an activating group) is 1. The van der Waals surface area contributed by atoms with Crippen LogP contribution in [-0.2, 0) is 26.1 Å². The molecule has 2 aliphatic rings. The maximum atomic E-state index is 13.2. The number of anilines is 1.